The number of urea groups is 1. The average Bonchev–Trinajstić information content (AvgIpc) is 2.79. The van der Waals surface area contributed by atoms with E-state index in [0.717, 1.165) is 38.5 Å². The Morgan fingerprint density at radius 1 is 1.29 bits per heavy atom. The number of nitrogens with one attached hydrogen (secondary N) is 1. The lowest BCUT2D eigenvalue weighted by molar-refractivity contribution is -0.139. The molecule has 0 bridgehead atoms. The van der Waals surface area contributed by atoms with E-state index in [0.29, 0.717) is 6.54 Å². The van der Waals surface area contributed by atoms with Crippen LogP contribution in [0.1, 0.15) is 51.9 Å². The first-order chi connectivity index (χ1) is 9.97. The lowest BCUT2D eigenvalue weighted by Gasteiger charge is -2.39. The van der Waals surface area contributed by atoms with Crippen molar-refractivity contribution >= 4 is 12.0 Å². The molecule has 0 aromatic carbocycles. The molecule has 6 nitrogen and oxygen atoms in total. The number of rotatable bonds is 4. The van der Waals surface area contributed by atoms with E-state index in [4.69, 9.17) is 5.11 Å². The second-order valence-electron chi connectivity index (χ2n) is 6.55. The number of carboxylic acid groups (broad SMARTS) is 1. The van der Waals surface area contributed by atoms with Crippen LogP contribution in [0.2, 0.25) is 0 Å². The monoisotopic (exact) mass is 298 g/mol. The zero-order chi connectivity index (χ0) is 15.5. The Bertz CT molecular complexity index is 393. The van der Waals surface area contributed by atoms with Gasteiger partial charge < -0.3 is 20.4 Å². The van der Waals surface area contributed by atoms with Crippen molar-refractivity contribution in [1.82, 2.24) is 10.2 Å². The topological polar surface area (TPSA) is 89.9 Å². The van der Waals surface area contributed by atoms with E-state index in [1.54, 1.807) is 4.90 Å². The van der Waals surface area contributed by atoms with Crippen molar-refractivity contribution in [3.05, 3.63) is 0 Å². The zero-order valence-electron chi connectivity index (χ0n) is 12.7. The number of hydrogen-bond acceptors (Lipinski definition) is 3. The number of nitrogens with zero attached hydrogens (tertiary/aromatic N) is 1. The van der Waals surface area contributed by atoms with Crippen LogP contribution in [0.25, 0.3) is 0 Å². The molecular formula is C15H26N2O4. The molecule has 2 rings (SSSR count). The van der Waals surface area contributed by atoms with Gasteiger partial charge in [-0.15, -0.1) is 0 Å². The summed E-state index contributed by atoms with van der Waals surface area (Å²) in [5.41, 5.74) is -0.618. The first-order valence-corrected chi connectivity index (χ1v) is 7.89. The van der Waals surface area contributed by atoms with E-state index in [2.05, 4.69) is 5.32 Å². The minimum Gasteiger partial charge on any atom is -0.481 e. The molecular weight excluding hydrogens is 272 g/mol. The van der Waals surface area contributed by atoms with Crippen LogP contribution in [0.4, 0.5) is 4.79 Å². The number of hydrogen-bond donors (Lipinski definition) is 3. The van der Waals surface area contributed by atoms with Crippen LogP contribution in [0.5, 0.6) is 0 Å². The molecule has 1 heterocycles. The van der Waals surface area contributed by atoms with Gasteiger partial charge >= 0.3 is 12.0 Å². The molecule has 0 aromatic heterocycles. The van der Waals surface area contributed by atoms with E-state index in [9.17, 15) is 14.7 Å². The van der Waals surface area contributed by atoms with Crippen molar-refractivity contribution in [1.29, 1.82) is 0 Å². The molecule has 1 saturated carbocycles. The second kappa shape index (κ2) is 6.64. The van der Waals surface area contributed by atoms with Gasteiger partial charge in [-0.3, -0.25) is 4.79 Å². The van der Waals surface area contributed by atoms with Crippen LogP contribution < -0.4 is 5.32 Å². The average molecular weight is 298 g/mol. The maximum atomic E-state index is 12.5. The molecule has 1 aliphatic carbocycles. The van der Waals surface area contributed by atoms with Gasteiger partial charge in [0.1, 0.15) is 0 Å². The van der Waals surface area contributed by atoms with Crippen molar-refractivity contribution in [3.63, 3.8) is 0 Å². The Morgan fingerprint density at radius 2 is 1.95 bits per heavy atom. The normalized spacial score (nSPS) is 28.4. The number of aliphatic hydroxyl groups is 1. The van der Waals surface area contributed by atoms with Crippen molar-refractivity contribution < 1.29 is 19.8 Å². The molecule has 21 heavy (non-hydrogen) atoms. The number of aliphatic carboxylic acids is 1. The number of likely N-dealkylation sites (tertiary alicyclic amines) is 1. The summed E-state index contributed by atoms with van der Waals surface area (Å²) in [6.45, 7) is 2.61. The SMILES string of the molecule is CC1CCN(C(=O)NC2(CC(=O)O)CCCCC2)C1CO. The van der Waals surface area contributed by atoms with Gasteiger partial charge in [0.15, 0.2) is 0 Å². The summed E-state index contributed by atoms with van der Waals surface area (Å²) in [4.78, 5) is 25.3. The lowest BCUT2D eigenvalue weighted by atomic mass is 9.79. The van der Waals surface area contributed by atoms with Gasteiger partial charge in [0.2, 0.25) is 0 Å². The fraction of sp³-hybridized carbons (Fsp3) is 0.867. The smallest absolute Gasteiger partial charge is 0.318 e. The summed E-state index contributed by atoms with van der Waals surface area (Å²) in [7, 11) is 0. The molecule has 2 aliphatic rings. The number of aliphatic hydroxyl groups excluding tert-OH is 1. The van der Waals surface area contributed by atoms with E-state index < -0.39 is 11.5 Å². The number of carbonyl (C=O) groups excluding carboxylic acids is 1. The Hall–Kier alpha value is -1.30. The summed E-state index contributed by atoms with van der Waals surface area (Å²) >= 11 is 0. The molecule has 2 atom stereocenters. The maximum absolute atomic E-state index is 12.5. The van der Waals surface area contributed by atoms with E-state index in [-0.39, 0.29) is 31.0 Å². The highest BCUT2D eigenvalue weighted by atomic mass is 16.4. The number of amides is 2. The third-order valence-electron chi connectivity index (χ3n) is 5.00. The first kappa shape index (κ1) is 16.1. The highest BCUT2D eigenvalue weighted by molar-refractivity contribution is 5.77. The van der Waals surface area contributed by atoms with Gasteiger partial charge in [0, 0.05) is 6.54 Å². The van der Waals surface area contributed by atoms with Gasteiger partial charge in [0.05, 0.1) is 24.6 Å². The third kappa shape index (κ3) is 3.67. The van der Waals surface area contributed by atoms with E-state index in [1.165, 1.54) is 0 Å². The maximum Gasteiger partial charge on any atom is 0.318 e. The molecule has 120 valence electrons. The highest BCUT2D eigenvalue weighted by Crippen LogP contribution is 2.32. The quantitative estimate of drug-likeness (QED) is 0.735. The molecule has 1 saturated heterocycles. The predicted octanol–water partition coefficient (Wildman–Crippen LogP) is 1.58. The largest absolute Gasteiger partial charge is 0.481 e. The van der Waals surface area contributed by atoms with Gasteiger partial charge in [-0.05, 0) is 25.2 Å². The predicted molar refractivity (Wildman–Crippen MR) is 78.0 cm³/mol. The van der Waals surface area contributed by atoms with Crippen LogP contribution >= 0.6 is 0 Å². The Labute approximate surface area is 125 Å². The standard InChI is InChI=1S/C15H26N2O4/c1-11-5-8-17(12(11)10-18)14(21)16-15(9-13(19)20)6-3-2-4-7-15/h11-12,18H,2-10H2,1H3,(H,16,21)(H,19,20). The van der Waals surface area contributed by atoms with Crippen LogP contribution in [-0.2, 0) is 4.79 Å². The van der Waals surface area contributed by atoms with Crippen LogP contribution in [0, 0.1) is 5.92 Å². The molecule has 0 spiro atoms. The first-order valence-electron chi connectivity index (χ1n) is 7.89. The highest BCUT2D eigenvalue weighted by Gasteiger charge is 2.40. The minimum absolute atomic E-state index is 0.0219. The number of carbonyl (C=O) groups is 2. The van der Waals surface area contributed by atoms with E-state index in [1.807, 2.05) is 6.92 Å². The Morgan fingerprint density at radius 3 is 2.52 bits per heavy atom. The summed E-state index contributed by atoms with van der Waals surface area (Å²) < 4.78 is 0. The fourth-order valence-corrected chi connectivity index (χ4v) is 3.70. The van der Waals surface area contributed by atoms with Crippen molar-refractivity contribution in [2.45, 2.75) is 63.5 Å². The number of carboxylic acids is 1. The summed E-state index contributed by atoms with van der Waals surface area (Å²) in [6.07, 6.45) is 5.30. The van der Waals surface area contributed by atoms with Gasteiger partial charge in [-0.1, -0.05) is 26.2 Å². The van der Waals surface area contributed by atoms with Gasteiger partial charge in [-0.25, -0.2) is 4.79 Å². The van der Waals surface area contributed by atoms with Gasteiger partial charge in [0.25, 0.3) is 0 Å². The molecule has 1 aliphatic heterocycles. The zero-order valence-corrected chi connectivity index (χ0v) is 12.7. The van der Waals surface area contributed by atoms with Crippen molar-refractivity contribution in [2.24, 2.45) is 5.92 Å². The fourth-order valence-electron chi connectivity index (χ4n) is 3.70. The van der Waals surface area contributed by atoms with Gasteiger partial charge in [-0.2, -0.15) is 0 Å². The summed E-state index contributed by atoms with van der Waals surface area (Å²) in [5.74, 6) is -0.590. The molecule has 3 N–H and O–H groups in total. The van der Waals surface area contributed by atoms with E-state index >= 15 is 0 Å². The summed E-state index contributed by atoms with van der Waals surface area (Å²) in [5, 5.41) is 21.6. The minimum atomic E-state index is -0.870. The van der Waals surface area contributed by atoms with Crippen LogP contribution in [0.15, 0.2) is 0 Å². The molecule has 0 aromatic rings. The van der Waals surface area contributed by atoms with Crippen LogP contribution in [-0.4, -0.2) is 51.8 Å². The summed E-state index contributed by atoms with van der Waals surface area (Å²) in [6, 6.07) is -0.378. The second-order valence-corrected chi connectivity index (χ2v) is 6.55. The molecule has 2 unspecified atom stereocenters. The molecule has 2 amide bonds. The molecule has 6 heteroatoms. The van der Waals surface area contributed by atoms with Crippen molar-refractivity contribution in [3.8, 4) is 0 Å². The Balaban J connectivity index is 2.05. The van der Waals surface area contributed by atoms with Crippen molar-refractivity contribution in [2.75, 3.05) is 13.2 Å². The lowest BCUT2D eigenvalue weighted by Crippen LogP contribution is -2.56. The molecule has 2 fully saturated rings. The Kier molecular flexibility index (Phi) is 5.08. The third-order valence-corrected chi connectivity index (χ3v) is 5.00. The molecule has 0 radical (unpaired) electrons. The van der Waals surface area contributed by atoms with Crippen LogP contribution in [0.3, 0.4) is 0 Å².